The van der Waals surface area contributed by atoms with E-state index in [0.717, 1.165) is 12.0 Å². The summed E-state index contributed by atoms with van der Waals surface area (Å²) in [5.74, 6) is -0.398. The van der Waals surface area contributed by atoms with E-state index in [1.807, 2.05) is 25.1 Å². The van der Waals surface area contributed by atoms with E-state index in [1.165, 1.54) is 12.1 Å². The Morgan fingerprint density at radius 2 is 1.81 bits per heavy atom. The van der Waals surface area contributed by atoms with Gasteiger partial charge in [0.1, 0.15) is 5.82 Å². The highest BCUT2D eigenvalue weighted by atomic mass is 35.5. The summed E-state index contributed by atoms with van der Waals surface area (Å²) in [6.07, 6.45) is 0.801. The van der Waals surface area contributed by atoms with Gasteiger partial charge in [-0.1, -0.05) is 48.9 Å². The minimum Gasteiger partial charge on any atom is -0.312 e. The molecular formula is C17H15ClFNO. The first-order chi connectivity index (χ1) is 10.1. The highest BCUT2D eigenvalue weighted by molar-refractivity contribution is 6.29. The van der Waals surface area contributed by atoms with Crippen LogP contribution in [0.2, 0.25) is 0 Å². The third-order valence-corrected chi connectivity index (χ3v) is 4.43. The summed E-state index contributed by atoms with van der Waals surface area (Å²) >= 11 is 6.90. The standard InChI is InChI=1S/C17H15ClFNO/c1-2-11-20-16(21)14-5-3-4-6-15(14)17(20,18)12-7-9-13(19)10-8-12/h3-10H,2,11H2,1H3. The van der Waals surface area contributed by atoms with Crippen molar-refractivity contribution in [3.63, 3.8) is 0 Å². The van der Waals surface area contributed by atoms with Crippen molar-refractivity contribution in [1.82, 2.24) is 4.90 Å². The fraction of sp³-hybridized carbons (Fsp3) is 0.235. The third kappa shape index (κ3) is 2.04. The summed E-state index contributed by atoms with van der Waals surface area (Å²) in [4.78, 5) is 13.2. The lowest BCUT2D eigenvalue weighted by Gasteiger charge is -2.34. The van der Waals surface area contributed by atoms with Crippen LogP contribution in [0.4, 0.5) is 4.39 Å². The molecule has 1 aliphatic heterocycles. The monoisotopic (exact) mass is 303 g/mol. The van der Waals surface area contributed by atoms with E-state index in [0.29, 0.717) is 17.7 Å². The van der Waals surface area contributed by atoms with Gasteiger partial charge in [-0.3, -0.25) is 4.79 Å². The van der Waals surface area contributed by atoms with Gasteiger partial charge in [0, 0.05) is 17.7 Å². The topological polar surface area (TPSA) is 20.3 Å². The van der Waals surface area contributed by atoms with Crippen LogP contribution < -0.4 is 0 Å². The number of halogens is 2. The summed E-state index contributed by atoms with van der Waals surface area (Å²) in [6.45, 7) is 2.55. The predicted octanol–water partition coefficient (Wildman–Crippen LogP) is 4.13. The van der Waals surface area contributed by atoms with Gasteiger partial charge in [-0.05, 0) is 30.2 Å². The molecule has 0 radical (unpaired) electrons. The van der Waals surface area contributed by atoms with Gasteiger partial charge in [-0.2, -0.15) is 0 Å². The zero-order valence-corrected chi connectivity index (χ0v) is 12.4. The van der Waals surface area contributed by atoms with Crippen LogP contribution in [0.25, 0.3) is 0 Å². The molecule has 2 aromatic rings. The van der Waals surface area contributed by atoms with Crippen molar-refractivity contribution in [2.75, 3.05) is 6.54 Å². The molecule has 1 unspecified atom stereocenters. The maximum atomic E-state index is 13.2. The van der Waals surface area contributed by atoms with Crippen molar-refractivity contribution in [3.05, 3.63) is 71.0 Å². The highest BCUT2D eigenvalue weighted by Crippen LogP contribution is 2.47. The number of nitrogens with zero attached hydrogens (tertiary/aromatic N) is 1. The lowest BCUT2D eigenvalue weighted by Crippen LogP contribution is -2.40. The summed E-state index contributed by atoms with van der Waals surface area (Å²) in [7, 11) is 0. The van der Waals surface area contributed by atoms with Crippen LogP contribution in [0.3, 0.4) is 0 Å². The van der Waals surface area contributed by atoms with E-state index in [1.54, 1.807) is 23.1 Å². The molecule has 1 aliphatic rings. The highest BCUT2D eigenvalue weighted by Gasteiger charge is 2.49. The average Bonchev–Trinajstić information content (AvgIpc) is 2.72. The number of hydrogen-bond acceptors (Lipinski definition) is 1. The van der Waals surface area contributed by atoms with Crippen molar-refractivity contribution in [3.8, 4) is 0 Å². The molecule has 0 bridgehead atoms. The van der Waals surface area contributed by atoms with E-state index in [9.17, 15) is 9.18 Å². The Hall–Kier alpha value is -1.87. The number of fused-ring (bicyclic) bond motifs is 1. The van der Waals surface area contributed by atoms with Gasteiger partial charge in [0.05, 0.1) is 0 Å². The first-order valence-electron chi connectivity index (χ1n) is 6.95. The van der Waals surface area contributed by atoms with Crippen molar-refractivity contribution in [1.29, 1.82) is 0 Å². The van der Waals surface area contributed by atoms with E-state index >= 15 is 0 Å². The van der Waals surface area contributed by atoms with Crippen LogP contribution in [0.15, 0.2) is 48.5 Å². The molecule has 1 heterocycles. The summed E-state index contributed by atoms with van der Waals surface area (Å²) in [6, 6.07) is 13.4. The predicted molar refractivity (Wildman–Crippen MR) is 80.8 cm³/mol. The number of carbonyl (C=O) groups is 1. The van der Waals surface area contributed by atoms with Crippen LogP contribution >= 0.6 is 11.6 Å². The van der Waals surface area contributed by atoms with Crippen LogP contribution in [-0.4, -0.2) is 17.4 Å². The van der Waals surface area contributed by atoms with Crippen molar-refractivity contribution < 1.29 is 9.18 Å². The maximum Gasteiger partial charge on any atom is 0.256 e. The Morgan fingerprint density at radius 3 is 2.48 bits per heavy atom. The first kappa shape index (κ1) is 14.1. The largest absolute Gasteiger partial charge is 0.312 e. The lowest BCUT2D eigenvalue weighted by atomic mass is 9.97. The molecule has 0 aromatic heterocycles. The number of hydrogen-bond donors (Lipinski definition) is 0. The molecule has 0 saturated heterocycles. The Labute approximate surface area is 128 Å². The van der Waals surface area contributed by atoms with E-state index in [-0.39, 0.29) is 11.7 Å². The third-order valence-electron chi connectivity index (χ3n) is 3.81. The fourth-order valence-electron chi connectivity index (χ4n) is 2.85. The number of rotatable bonds is 3. The maximum absolute atomic E-state index is 13.2. The molecule has 0 spiro atoms. The second-order valence-electron chi connectivity index (χ2n) is 5.13. The van der Waals surface area contributed by atoms with Gasteiger partial charge in [0.25, 0.3) is 5.91 Å². The molecule has 0 N–H and O–H groups in total. The Balaban J connectivity index is 2.21. The minimum absolute atomic E-state index is 0.0771. The zero-order valence-electron chi connectivity index (χ0n) is 11.6. The molecule has 0 aliphatic carbocycles. The SMILES string of the molecule is CCCN1C(=O)c2ccccc2C1(Cl)c1ccc(F)cc1. The van der Waals surface area contributed by atoms with Crippen LogP contribution in [-0.2, 0) is 5.00 Å². The number of alkyl halides is 1. The summed E-state index contributed by atoms with van der Waals surface area (Å²) in [5.41, 5.74) is 2.08. The molecule has 0 fully saturated rings. The van der Waals surface area contributed by atoms with Crippen molar-refractivity contribution >= 4 is 17.5 Å². The van der Waals surface area contributed by atoms with Crippen LogP contribution in [0.5, 0.6) is 0 Å². The zero-order chi connectivity index (χ0) is 15.0. The Kier molecular flexibility index (Phi) is 3.46. The van der Waals surface area contributed by atoms with Crippen molar-refractivity contribution in [2.45, 2.75) is 18.3 Å². The number of amides is 1. The van der Waals surface area contributed by atoms with E-state index in [2.05, 4.69) is 0 Å². The number of carbonyl (C=O) groups excluding carboxylic acids is 1. The second kappa shape index (κ2) is 5.15. The van der Waals surface area contributed by atoms with Gasteiger partial charge < -0.3 is 4.90 Å². The second-order valence-corrected chi connectivity index (χ2v) is 5.68. The Morgan fingerprint density at radius 1 is 1.14 bits per heavy atom. The quantitative estimate of drug-likeness (QED) is 0.616. The van der Waals surface area contributed by atoms with Gasteiger partial charge >= 0.3 is 0 Å². The molecule has 0 saturated carbocycles. The van der Waals surface area contributed by atoms with Gasteiger partial charge in [-0.15, -0.1) is 0 Å². The molecule has 4 heteroatoms. The molecule has 2 nitrogen and oxygen atoms in total. The van der Waals surface area contributed by atoms with Crippen LogP contribution in [0, 0.1) is 5.82 Å². The van der Waals surface area contributed by atoms with Crippen LogP contribution in [0.1, 0.15) is 34.8 Å². The van der Waals surface area contributed by atoms with Crippen molar-refractivity contribution in [2.24, 2.45) is 0 Å². The van der Waals surface area contributed by atoms with Gasteiger partial charge in [0.2, 0.25) is 0 Å². The average molecular weight is 304 g/mol. The smallest absolute Gasteiger partial charge is 0.256 e. The molecule has 108 valence electrons. The van der Waals surface area contributed by atoms with Gasteiger partial charge in [-0.25, -0.2) is 4.39 Å². The Bertz CT molecular complexity index is 685. The number of benzene rings is 2. The molecule has 3 rings (SSSR count). The van der Waals surface area contributed by atoms with E-state index < -0.39 is 5.00 Å². The molecule has 1 atom stereocenters. The molecule has 21 heavy (non-hydrogen) atoms. The molecule has 1 amide bonds. The van der Waals surface area contributed by atoms with E-state index in [4.69, 9.17) is 11.6 Å². The lowest BCUT2D eigenvalue weighted by molar-refractivity contribution is 0.0718. The normalized spacial score (nSPS) is 20.7. The summed E-state index contributed by atoms with van der Waals surface area (Å²) in [5, 5.41) is 0. The minimum atomic E-state index is -1.06. The van der Waals surface area contributed by atoms with Gasteiger partial charge in [0.15, 0.2) is 5.00 Å². The molecular weight excluding hydrogens is 289 g/mol. The summed E-state index contributed by atoms with van der Waals surface area (Å²) < 4.78 is 13.2. The molecule has 2 aromatic carbocycles. The first-order valence-corrected chi connectivity index (χ1v) is 7.33. The fourth-order valence-corrected chi connectivity index (χ4v) is 3.30.